The van der Waals surface area contributed by atoms with Crippen LogP contribution in [-0.4, -0.2) is 57.8 Å². The number of rotatable bonds is 7. The third-order valence-electron chi connectivity index (χ3n) is 3.10. The molecule has 0 amide bonds. The fourth-order valence-corrected chi connectivity index (χ4v) is 3.37. The van der Waals surface area contributed by atoms with Crippen LogP contribution in [0.1, 0.15) is 26.7 Å². The van der Waals surface area contributed by atoms with Crippen LogP contribution in [0.25, 0.3) is 0 Å². The first-order chi connectivity index (χ1) is 8.07. The molecule has 1 unspecified atom stereocenters. The van der Waals surface area contributed by atoms with Gasteiger partial charge in [-0.3, -0.25) is 0 Å². The van der Waals surface area contributed by atoms with Crippen molar-refractivity contribution in [1.82, 2.24) is 14.9 Å². The maximum absolute atomic E-state index is 11.8. The van der Waals surface area contributed by atoms with Crippen LogP contribution in [-0.2, 0) is 10.0 Å². The molecule has 1 aliphatic heterocycles. The fourth-order valence-electron chi connectivity index (χ4n) is 2.14. The quantitative estimate of drug-likeness (QED) is 0.635. The number of hydrogen-bond donors (Lipinski definition) is 2. The largest absolute Gasteiger partial charge is 0.316 e. The molecular weight excluding hydrogens is 238 g/mol. The van der Waals surface area contributed by atoms with Crippen molar-refractivity contribution in [2.45, 2.75) is 32.7 Å². The molecule has 1 atom stereocenters. The highest BCUT2D eigenvalue weighted by Crippen LogP contribution is 2.10. The first-order valence-electron chi connectivity index (χ1n) is 6.50. The summed E-state index contributed by atoms with van der Waals surface area (Å²) in [6, 6.07) is 0.0929. The average molecular weight is 263 g/mol. The topological polar surface area (TPSA) is 61.4 Å². The van der Waals surface area contributed by atoms with E-state index in [4.69, 9.17) is 0 Å². The summed E-state index contributed by atoms with van der Waals surface area (Å²) in [5.41, 5.74) is 0. The Bertz CT molecular complexity index is 306. The van der Waals surface area contributed by atoms with E-state index in [0.29, 0.717) is 6.54 Å². The van der Waals surface area contributed by atoms with Gasteiger partial charge < -0.3 is 10.2 Å². The molecule has 1 rings (SSSR count). The van der Waals surface area contributed by atoms with E-state index in [-0.39, 0.29) is 11.8 Å². The first kappa shape index (κ1) is 14.9. The normalized spacial score (nSPS) is 22.8. The number of nitrogens with zero attached hydrogens (tertiary/aromatic N) is 1. The minimum atomic E-state index is -3.12. The third kappa shape index (κ3) is 5.81. The van der Waals surface area contributed by atoms with E-state index in [1.165, 1.54) is 0 Å². The van der Waals surface area contributed by atoms with Crippen LogP contribution in [0.3, 0.4) is 0 Å². The van der Waals surface area contributed by atoms with E-state index in [0.717, 1.165) is 39.0 Å². The molecule has 5 nitrogen and oxygen atoms in total. The SMILES string of the molecule is CCNCCS(=O)(=O)NC1CCCN(CC)C1. The van der Waals surface area contributed by atoms with Gasteiger partial charge in [0.1, 0.15) is 0 Å². The second kappa shape index (κ2) is 7.31. The van der Waals surface area contributed by atoms with Gasteiger partial charge in [0.05, 0.1) is 5.75 Å². The van der Waals surface area contributed by atoms with Crippen molar-refractivity contribution in [2.24, 2.45) is 0 Å². The predicted octanol–water partition coefficient (Wildman–Crippen LogP) is -0.000400. The molecular formula is C11H25N3O2S. The molecule has 0 aliphatic carbocycles. The van der Waals surface area contributed by atoms with Crippen LogP contribution in [0, 0.1) is 0 Å². The molecule has 1 aliphatic rings. The third-order valence-corrected chi connectivity index (χ3v) is 4.53. The van der Waals surface area contributed by atoms with Crippen molar-refractivity contribution >= 4 is 10.0 Å². The van der Waals surface area contributed by atoms with Gasteiger partial charge in [-0.2, -0.15) is 0 Å². The van der Waals surface area contributed by atoms with Crippen molar-refractivity contribution < 1.29 is 8.42 Å². The summed E-state index contributed by atoms with van der Waals surface area (Å²) in [6.07, 6.45) is 2.03. The Balaban J connectivity index is 2.36. The van der Waals surface area contributed by atoms with Gasteiger partial charge in [-0.15, -0.1) is 0 Å². The predicted molar refractivity (Wildman–Crippen MR) is 70.6 cm³/mol. The molecule has 17 heavy (non-hydrogen) atoms. The smallest absolute Gasteiger partial charge is 0.213 e. The lowest BCUT2D eigenvalue weighted by Gasteiger charge is -2.32. The minimum Gasteiger partial charge on any atom is -0.316 e. The summed E-state index contributed by atoms with van der Waals surface area (Å²) < 4.78 is 26.4. The number of likely N-dealkylation sites (N-methyl/N-ethyl adjacent to an activating group) is 1. The van der Waals surface area contributed by atoms with E-state index >= 15 is 0 Å². The van der Waals surface area contributed by atoms with Crippen LogP contribution < -0.4 is 10.0 Å². The van der Waals surface area contributed by atoms with E-state index in [1.807, 2.05) is 6.92 Å². The second-order valence-corrected chi connectivity index (χ2v) is 6.40. The van der Waals surface area contributed by atoms with E-state index in [9.17, 15) is 8.42 Å². The standard InChI is InChI=1S/C11H25N3O2S/c1-3-12-7-9-17(15,16)13-11-6-5-8-14(4-2)10-11/h11-13H,3-10H2,1-2H3. The Labute approximate surface area is 105 Å². The highest BCUT2D eigenvalue weighted by atomic mass is 32.2. The first-order valence-corrected chi connectivity index (χ1v) is 8.15. The Morgan fingerprint density at radius 1 is 1.35 bits per heavy atom. The number of likely N-dealkylation sites (tertiary alicyclic amines) is 1. The zero-order valence-electron chi connectivity index (χ0n) is 10.9. The molecule has 0 saturated carbocycles. The monoisotopic (exact) mass is 263 g/mol. The van der Waals surface area contributed by atoms with Gasteiger partial charge in [-0.25, -0.2) is 13.1 Å². The molecule has 0 aromatic carbocycles. The molecule has 1 heterocycles. The summed E-state index contributed by atoms with van der Waals surface area (Å²) >= 11 is 0. The van der Waals surface area contributed by atoms with Gasteiger partial charge in [0, 0.05) is 19.1 Å². The van der Waals surface area contributed by atoms with E-state index in [2.05, 4.69) is 21.9 Å². The lowest BCUT2D eigenvalue weighted by molar-refractivity contribution is 0.211. The lowest BCUT2D eigenvalue weighted by Crippen LogP contribution is -2.48. The Morgan fingerprint density at radius 3 is 2.76 bits per heavy atom. The molecule has 1 saturated heterocycles. The number of piperidine rings is 1. The summed E-state index contributed by atoms with van der Waals surface area (Å²) in [5.74, 6) is 0.170. The highest BCUT2D eigenvalue weighted by Gasteiger charge is 2.22. The maximum atomic E-state index is 11.8. The van der Waals surface area contributed by atoms with Crippen molar-refractivity contribution in [3.8, 4) is 0 Å². The van der Waals surface area contributed by atoms with Crippen molar-refractivity contribution in [2.75, 3.05) is 38.5 Å². The number of hydrogen-bond acceptors (Lipinski definition) is 4. The highest BCUT2D eigenvalue weighted by molar-refractivity contribution is 7.89. The van der Waals surface area contributed by atoms with E-state index in [1.54, 1.807) is 0 Å². The lowest BCUT2D eigenvalue weighted by atomic mass is 10.1. The van der Waals surface area contributed by atoms with Gasteiger partial charge in [0.2, 0.25) is 10.0 Å². The van der Waals surface area contributed by atoms with Crippen LogP contribution in [0.2, 0.25) is 0 Å². The van der Waals surface area contributed by atoms with Gasteiger partial charge in [0.15, 0.2) is 0 Å². The molecule has 102 valence electrons. The Kier molecular flexibility index (Phi) is 6.40. The second-order valence-electron chi connectivity index (χ2n) is 4.52. The summed E-state index contributed by atoms with van der Waals surface area (Å²) in [7, 11) is -3.12. The fraction of sp³-hybridized carbons (Fsp3) is 1.00. The molecule has 0 spiro atoms. The molecule has 0 aromatic rings. The Hall–Kier alpha value is -0.170. The van der Waals surface area contributed by atoms with Crippen LogP contribution in [0.15, 0.2) is 0 Å². The zero-order chi connectivity index (χ0) is 12.7. The van der Waals surface area contributed by atoms with Gasteiger partial charge in [-0.05, 0) is 32.5 Å². The Morgan fingerprint density at radius 2 is 2.12 bits per heavy atom. The summed E-state index contributed by atoms with van der Waals surface area (Å²) in [4.78, 5) is 2.29. The van der Waals surface area contributed by atoms with E-state index < -0.39 is 10.0 Å². The van der Waals surface area contributed by atoms with Crippen LogP contribution >= 0.6 is 0 Å². The average Bonchev–Trinajstić information content (AvgIpc) is 2.29. The van der Waals surface area contributed by atoms with Crippen LogP contribution in [0.4, 0.5) is 0 Å². The minimum absolute atomic E-state index is 0.0929. The van der Waals surface area contributed by atoms with Crippen LogP contribution in [0.5, 0.6) is 0 Å². The zero-order valence-corrected chi connectivity index (χ0v) is 11.7. The molecule has 0 aromatic heterocycles. The molecule has 0 bridgehead atoms. The summed E-state index contributed by atoms with van der Waals surface area (Å²) in [5, 5.41) is 3.03. The van der Waals surface area contributed by atoms with Crippen molar-refractivity contribution in [3.05, 3.63) is 0 Å². The van der Waals surface area contributed by atoms with Gasteiger partial charge in [-0.1, -0.05) is 13.8 Å². The maximum Gasteiger partial charge on any atom is 0.213 e. The van der Waals surface area contributed by atoms with Gasteiger partial charge in [0.25, 0.3) is 0 Å². The van der Waals surface area contributed by atoms with Crippen molar-refractivity contribution in [3.63, 3.8) is 0 Å². The molecule has 0 radical (unpaired) electrons. The van der Waals surface area contributed by atoms with Gasteiger partial charge >= 0.3 is 0 Å². The van der Waals surface area contributed by atoms with Crippen molar-refractivity contribution in [1.29, 1.82) is 0 Å². The summed E-state index contributed by atoms with van der Waals surface area (Å²) in [6.45, 7) is 8.35. The number of sulfonamides is 1. The molecule has 1 fully saturated rings. The molecule has 6 heteroatoms. The number of nitrogens with one attached hydrogen (secondary N) is 2. The molecule has 2 N–H and O–H groups in total.